The fourth-order valence-electron chi connectivity index (χ4n) is 2.49. The fraction of sp³-hybridized carbons (Fsp3) is 0.150. The molecule has 2 aromatic carbocycles. The maximum absolute atomic E-state index is 12.4. The minimum atomic E-state index is -1.06. The molecular weight excluding hydrogens is 368 g/mol. The van der Waals surface area contributed by atoms with Gasteiger partial charge in [-0.05, 0) is 38.1 Å². The van der Waals surface area contributed by atoms with Gasteiger partial charge in [-0.3, -0.25) is 4.79 Å². The average Bonchev–Trinajstić information content (AvgIpc) is 3.03. The van der Waals surface area contributed by atoms with Crippen molar-refractivity contribution in [3.05, 3.63) is 76.6 Å². The zero-order chi connectivity index (χ0) is 19.6. The number of carbonyl (C=O) groups is 2. The van der Waals surface area contributed by atoms with E-state index in [0.29, 0.717) is 16.3 Å². The number of carbonyl (C=O) groups excluding carboxylic acids is 2. The molecule has 3 rings (SSSR count). The molecule has 1 N–H and O–H groups in total. The lowest BCUT2D eigenvalue weighted by molar-refractivity contribution is 0.0310. The van der Waals surface area contributed by atoms with Crippen LogP contribution in [0, 0.1) is 6.92 Å². The smallest absolute Gasteiger partial charge is 0.363 e. The third-order valence-corrected chi connectivity index (χ3v) is 4.18. The Morgan fingerprint density at radius 3 is 2.56 bits per heavy atom. The van der Waals surface area contributed by atoms with Crippen LogP contribution in [0.2, 0.25) is 5.02 Å². The zero-order valence-electron chi connectivity index (χ0n) is 14.7. The topological polar surface area (TPSA) is 81.4 Å². The Balaban J connectivity index is 1.76. The second kappa shape index (κ2) is 7.63. The highest BCUT2D eigenvalue weighted by atomic mass is 35.5. The fourth-order valence-corrected chi connectivity index (χ4v) is 2.68. The number of esters is 1. The Morgan fingerprint density at radius 2 is 1.89 bits per heavy atom. The number of rotatable bonds is 5. The van der Waals surface area contributed by atoms with Crippen LogP contribution in [0.15, 0.2) is 54.7 Å². The molecule has 0 bridgehead atoms. The van der Waals surface area contributed by atoms with E-state index in [2.05, 4.69) is 5.10 Å². The highest BCUT2D eigenvalue weighted by Gasteiger charge is 2.25. The highest BCUT2D eigenvalue weighted by molar-refractivity contribution is 6.31. The van der Waals surface area contributed by atoms with E-state index in [9.17, 15) is 14.7 Å². The lowest BCUT2D eigenvalue weighted by Gasteiger charge is -2.11. The van der Waals surface area contributed by atoms with Gasteiger partial charge in [0, 0.05) is 10.6 Å². The molecule has 3 aromatic rings. The van der Waals surface area contributed by atoms with Crippen LogP contribution in [0.4, 0.5) is 0 Å². The lowest BCUT2D eigenvalue weighted by atomic mass is 10.1. The van der Waals surface area contributed by atoms with Crippen LogP contribution in [0.3, 0.4) is 0 Å². The number of ketones is 1. The predicted octanol–water partition coefficient (Wildman–Crippen LogP) is 3.97. The molecule has 27 heavy (non-hydrogen) atoms. The quantitative estimate of drug-likeness (QED) is 0.531. The SMILES string of the molecule is Cc1ccc(-n2cc(O)c(C(=O)OC(C)C(=O)c3cccc(Cl)c3)n2)cc1. The molecule has 7 heteroatoms. The van der Waals surface area contributed by atoms with Crippen LogP contribution in [0.5, 0.6) is 5.75 Å². The first-order valence-electron chi connectivity index (χ1n) is 8.21. The molecule has 1 heterocycles. The van der Waals surface area contributed by atoms with Crippen molar-refractivity contribution in [3.8, 4) is 11.4 Å². The number of aryl methyl sites for hydroxylation is 1. The molecule has 0 aliphatic heterocycles. The summed E-state index contributed by atoms with van der Waals surface area (Å²) in [5.74, 6) is -1.62. The number of ether oxygens (including phenoxy) is 1. The van der Waals surface area contributed by atoms with Gasteiger partial charge in [-0.2, -0.15) is 5.10 Å². The number of Topliss-reactive ketones (excluding diaryl/α,β-unsaturated/α-hetero) is 1. The molecule has 1 aromatic heterocycles. The summed E-state index contributed by atoms with van der Waals surface area (Å²) in [5, 5.41) is 14.5. The molecule has 0 fully saturated rings. The molecule has 0 aliphatic rings. The van der Waals surface area contributed by atoms with Gasteiger partial charge in [-0.25, -0.2) is 9.48 Å². The van der Waals surface area contributed by atoms with Gasteiger partial charge in [-0.15, -0.1) is 0 Å². The Labute approximate surface area is 161 Å². The van der Waals surface area contributed by atoms with Crippen molar-refractivity contribution < 1.29 is 19.4 Å². The minimum Gasteiger partial charge on any atom is -0.504 e. The van der Waals surface area contributed by atoms with Gasteiger partial charge >= 0.3 is 5.97 Å². The van der Waals surface area contributed by atoms with Crippen LogP contribution in [-0.4, -0.2) is 32.7 Å². The van der Waals surface area contributed by atoms with Crippen LogP contribution in [0.25, 0.3) is 5.69 Å². The number of nitrogens with zero attached hydrogens (tertiary/aromatic N) is 2. The van der Waals surface area contributed by atoms with E-state index in [-0.39, 0.29) is 11.4 Å². The summed E-state index contributed by atoms with van der Waals surface area (Å²) in [6.45, 7) is 3.40. The molecule has 0 amide bonds. The lowest BCUT2D eigenvalue weighted by Crippen LogP contribution is -2.24. The monoisotopic (exact) mass is 384 g/mol. The summed E-state index contributed by atoms with van der Waals surface area (Å²) in [6.07, 6.45) is 0.255. The third kappa shape index (κ3) is 4.17. The van der Waals surface area contributed by atoms with E-state index in [4.69, 9.17) is 16.3 Å². The average molecular weight is 385 g/mol. The zero-order valence-corrected chi connectivity index (χ0v) is 15.5. The van der Waals surface area contributed by atoms with E-state index < -0.39 is 17.9 Å². The number of hydrogen-bond donors (Lipinski definition) is 1. The first-order chi connectivity index (χ1) is 12.8. The van der Waals surface area contributed by atoms with E-state index in [1.807, 2.05) is 31.2 Å². The second-order valence-electron chi connectivity index (χ2n) is 6.07. The number of aromatic hydroxyl groups is 1. The van der Waals surface area contributed by atoms with Gasteiger partial charge in [-0.1, -0.05) is 41.4 Å². The van der Waals surface area contributed by atoms with Crippen molar-refractivity contribution in [3.63, 3.8) is 0 Å². The molecular formula is C20H17ClN2O4. The van der Waals surface area contributed by atoms with Gasteiger partial charge in [0.25, 0.3) is 0 Å². The molecule has 0 aliphatic carbocycles. The summed E-state index contributed by atoms with van der Waals surface area (Å²) in [4.78, 5) is 24.7. The third-order valence-electron chi connectivity index (χ3n) is 3.95. The summed E-state index contributed by atoms with van der Waals surface area (Å²) in [6, 6.07) is 13.8. The number of hydrogen-bond acceptors (Lipinski definition) is 5. The summed E-state index contributed by atoms with van der Waals surface area (Å²) < 4.78 is 6.54. The predicted molar refractivity (Wildman–Crippen MR) is 101 cm³/mol. The van der Waals surface area contributed by atoms with Crippen LogP contribution < -0.4 is 0 Å². The summed E-state index contributed by atoms with van der Waals surface area (Å²) in [5.41, 5.74) is 1.82. The molecule has 0 spiro atoms. The van der Waals surface area contributed by atoms with Crippen molar-refractivity contribution in [2.24, 2.45) is 0 Å². The Bertz CT molecular complexity index is 995. The Hall–Kier alpha value is -3.12. The maximum atomic E-state index is 12.4. The van der Waals surface area contributed by atoms with Crippen molar-refractivity contribution in [2.75, 3.05) is 0 Å². The van der Waals surface area contributed by atoms with Crippen molar-refractivity contribution in [2.45, 2.75) is 20.0 Å². The molecule has 6 nitrogen and oxygen atoms in total. The Kier molecular flexibility index (Phi) is 5.28. The van der Waals surface area contributed by atoms with Gasteiger partial charge in [0.05, 0.1) is 11.9 Å². The number of halogens is 1. The van der Waals surface area contributed by atoms with Gasteiger partial charge in [0.1, 0.15) is 0 Å². The first kappa shape index (κ1) is 18.7. The van der Waals surface area contributed by atoms with Crippen LogP contribution in [0.1, 0.15) is 33.3 Å². The maximum Gasteiger partial charge on any atom is 0.363 e. The largest absolute Gasteiger partial charge is 0.504 e. The Morgan fingerprint density at radius 1 is 1.19 bits per heavy atom. The van der Waals surface area contributed by atoms with Crippen LogP contribution in [-0.2, 0) is 4.74 Å². The van der Waals surface area contributed by atoms with E-state index in [0.717, 1.165) is 5.56 Å². The molecule has 1 unspecified atom stereocenters. The van der Waals surface area contributed by atoms with Gasteiger partial charge in [0.2, 0.25) is 11.5 Å². The second-order valence-corrected chi connectivity index (χ2v) is 6.50. The van der Waals surface area contributed by atoms with Gasteiger partial charge in [0.15, 0.2) is 11.9 Å². The van der Waals surface area contributed by atoms with Crippen LogP contribution >= 0.6 is 11.6 Å². The number of benzene rings is 2. The van der Waals surface area contributed by atoms with Crippen molar-refractivity contribution in [1.82, 2.24) is 9.78 Å². The molecule has 0 radical (unpaired) electrons. The van der Waals surface area contributed by atoms with E-state index >= 15 is 0 Å². The number of aromatic nitrogens is 2. The van der Waals surface area contributed by atoms with Crippen molar-refractivity contribution >= 4 is 23.4 Å². The molecule has 0 saturated heterocycles. The van der Waals surface area contributed by atoms with Crippen molar-refractivity contribution in [1.29, 1.82) is 0 Å². The first-order valence-corrected chi connectivity index (χ1v) is 8.59. The summed E-state index contributed by atoms with van der Waals surface area (Å²) in [7, 11) is 0. The molecule has 1 atom stereocenters. The standard InChI is InChI=1S/C20H17ClN2O4/c1-12-6-8-16(9-7-12)23-11-17(24)18(22-23)20(26)27-13(2)19(25)14-4-3-5-15(21)10-14/h3-11,13,24H,1-2H3. The van der Waals surface area contributed by atoms with Gasteiger partial charge < -0.3 is 9.84 Å². The molecule has 0 saturated carbocycles. The summed E-state index contributed by atoms with van der Waals surface area (Å²) >= 11 is 5.88. The highest BCUT2D eigenvalue weighted by Crippen LogP contribution is 2.21. The normalized spacial score (nSPS) is 11.8. The molecule has 138 valence electrons. The van der Waals surface area contributed by atoms with E-state index in [1.54, 1.807) is 18.2 Å². The minimum absolute atomic E-state index is 0.263. The van der Waals surface area contributed by atoms with E-state index in [1.165, 1.54) is 23.9 Å².